The van der Waals surface area contributed by atoms with E-state index >= 15 is 0 Å². The fourth-order valence-electron chi connectivity index (χ4n) is 1.24. The molecule has 0 saturated carbocycles. The van der Waals surface area contributed by atoms with Gasteiger partial charge in [0.2, 0.25) is 0 Å². The van der Waals surface area contributed by atoms with Crippen molar-refractivity contribution in [1.82, 2.24) is 0 Å². The summed E-state index contributed by atoms with van der Waals surface area (Å²) in [6.45, 7) is 0. The molecule has 0 spiro atoms. The Hall–Kier alpha value is -1.21. The van der Waals surface area contributed by atoms with E-state index in [1.807, 2.05) is 18.2 Å². The van der Waals surface area contributed by atoms with Gasteiger partial charge in [-0.15, -0.1) is 0 Å². The number of fused-ring (bicyclic) bond motifs is 1. The second-order valence-electron chi connectivity index (χ2n) is 2.63. The van der Waals surface area contributed by atoms with Crippen molar-refractivity contribution in [1.29, 1.82) is 0 Å². The topological polar surface area (TPSA) is 19.9 Å². The van der Waals surface area contributed by atoms with Gasteiger partial charge in [-0.05, 0) is 11.5 Å². The number of rotatable bonds is 0. The van der Waals surface area contributed by atoms with E-state index in [-0.39, 0.29) is 5.75 Å². The molecule has 1 radical (unpaired) electrons. The quantitative estimate of drug-likeness (QED) is 0.586. The van der Waals surface area contributed by atoms with Crippen LogP contribution in [0, 0.1) is 0 Å². The van der Waals surface area contributed by atoms with Gasteiger partial charge in [0.05, 0.1) is 0 Å². The Bertz CT molecular complexity index is 423. The van der Waals surface area contributed by atoms with Crippen LogP contribution in [0.25, 0.3) is 10.8 Å². The minimum absolute atomic E-state index is 0.0156. The van der Waals surface area contributed by atoms with Crippen LogP contribution in [0.15, 0.2) is 36.4 Å². The summed E-state index contributed by atoms with van der Waals surface area (Å²) in [5, 5.41) is 13.4. The molecule has 0 aliphatic rings. The molecule has 2 rings (SSSR count). The van der Waals surface area contributed by atoms with Gasteiger partial charge >= 0.3 is 0 Å². The summed E-state index contributed by atoms with van der Waals surface area (Å²) in [6, 6.07) is 10.6. The van der Waals surface area contributed by atoms with E-state index in [0.29, 0.717) is 5.02 Å². The second-order valence-corrected chi connectivity index (χ2v) is 3.06. The molecule has 0 fully saturated rings. The standard InChI is InChI=1S/C10H6ClO/c11-8-5-7-3-1-2-4-9(7)10(12)6-8/h1-6H. The summed E-state index contributed by atoms with van der Waals surface area (Å²) >= 11 is 5.72. The van der Waals surface area contributed by atoms with Gasteiger partial charge in [0.25, 0.3) is 0 Å². The molecule has 0 aliphatic heterocycles. The third-order valence-corrected chi connectivity index (χ3v) is 2.01. The first-order chi connectivity index (χ1) is 5.77. The second kappa shape index (κ2) is 2.68. The van der Waals surface area contributed by atoms with Crippen molar-refractivity contribution in [3.05, 3.63) is 41.4 Å². The van der Waals surface area contributed by atoms with E-state index in [1.165, 1.54) is 6.07 Å². The molecule has 0 N–H and O–H groups in total. The van der Waals surface area contributed by atoms with Crippen LogP contribution in [-0.2, 0) is 5.11 Å². The van der Waals surface area contributed by atoms with E-state index in [9.17, 15) is 5.11 Å². The summed E-state index contributed by atoms with van der Waals surface area (Å²) in [7, 11) is 0. The van der Waals surface area contributed by atoms with Crippen LogP contribution in [0.5, 0.6) is 5.75 Å². The maximum atomic E-state index is 11.3. The highest BCUT2D eigenvalue weighted by atomic mass is 35.5. The van der Waals surface area contributed by atoms with Gasteiger partial charge in [0.1, 0.15) is 0 Å². The predicted octanol–water partition coefficient (Wildman–Crippen LogP) is 3.64. The molecule has 12 heavy (non-hydrogen) atoms. The fourth-order valence-corrected chi connectivity index (χ4v) is 1.46. The zero-order valence-corrected chi connectivity index (χ0v) is 7.01. The lowest BCUT2D eigenvalue weighted by Gasteiger charge is -1.98. The Kier molecular flexibility index (Phi) is 1.66. The van der Waals surface area contributed by atoms with E-state index in [2.05, 4.69) is 0 Å². The van der Waals surface area contributed by atoms with Crippen molar-refractivity contribution in [3.63, 3.8) is 0 Å². The molecule has 59 valence electrons. The first kappa shape index (κ1) is 7.44. The molecule has 1 nitrogen and oxygen atoms in total. The lowest BCUT2D eigenvalue weighted by molar-refractivity contribution is 0.360. The number of hydrogen-bond donors (Lipinski definition) is 0. The molecule has 0 saturated heterocycles. The van der Waals surface area contributed by atoms with Crippen LogP contribution in [0.2, 0.25) is 5.02 Å². The maximum absolute atomic E-state index is 11.3. The van der Waals surface area contributed by atoms with E-state index in [4.69, 9.17) is 11.6 Å². The van der Waals surface area contributed by atoms with E-state index in [0.717, 1.165) is 10.8 Å². The fraction of sp³-hybridized carbons (Fsp3) is 0. The minimum Gasteiger partial charge on any atom is -0.289 e. The molecule has 0 aliphatic carbocycles. The van der Waals surface area contributed by atoms with Crippen LogP contribution in [0.4, 0.5) is 0 Å². The Morgan fingerprint density at radius 2 is 1.83 bits per heavy atom. The summed E-state index contributed by atoms with van der Waals surface area (Å²) in [6.07, 6.45) is 0. The lowest BCUT2D eigenvalue weighted by Crippen LogP contribution is -1.72. The van der Waals surface area contributed by atoms with Crippen molar-refractivity contribution in [2.75, 3.05) is 0 Å². The van der Waals surface area contributed by atoms with Gasteiger partial charge in [0, 0.05) is 16.5 Å². The van der Waals surface area contributed by atoms with Crippen LogP contribution >= 0.6 is 11.6 Å². The van der Waals surface area contributed by atoms with Crippen molar-refractivity contribution < 1.29 is 5.11 Å². The molecule has 0 amide bonds. The smallest absolute Gasteiger partial charge is 0.187 e. The van der Waals surface area contributed by atoms with Gasteiger partial charge < -0.3 is 0 Å². The summed E-state index contributed by atoms with van der Waals surface area (Å²) < 4.78 is 0. The maximum Gasteiger partial charge on any atom is 0.187 e. The van der Waals surface area contributed by atoms with Crippen LogP contribution < -0.4 is 0 Å². The normalized spacial score (nSPS) is 10.4. The molecule has 0 unspecified atom stereocenters. The van der Waals surface area contributed by atoms with Crippen molar-refractivity contribution in [2.24, 2.45) is 0 Å². The molecule has 0 aromatic heterocycles. The summed E-state index contributed by atoms with van der Waals surface area (Å²) in [4.78, 5) is 0. The average molecular weight is 178 g/mol. The predicted molar refractivity (Wildman–Crippen MR) is 49.1 cm³/mol. The summed E-state index contributed by atoms with van der Waals surface area (Å²) in [5.41, 5.74) is 0. The molecular formula is C10H6ClO. The molecule has 2 heteroatoms. The third-order valence-electron chi connectivity index (χ3n) is 1.79. The summed E-state index contributed by atoms with van der Waals surface area (Å²) in [5.74, 6) is -0.0156. The third kappa shape index (κ3) is 1.12. The van der Waals surface area contributed by atoms with Gasteiger partial charge in [-0.1, -0.05) is 35.9 Å². The zero-order valence-electron chi connectivity index (χ0n) is 6.25. The number of halogens is 1. The Morgan fingerprint density at radius 1 is 1.08 bits per heavy atom. The number of benzene rings is 2. The molecular weight excluding hydrogens is 172 g/mol. The molecule has 0 atom stereocenters. The molecule has 0 heterocycles. The highest BCUT2D eigenvalue weighted by molar-refractivity contribution is 6.31. The highest BCUT2D eigenvalue weighted by Gasteiger charge is 2.01. The van der Waals surface area contributed by atoms with Crippen LogP contribution in [0.3, 0.4) is 0 Å². The highest BCUT2D eigenvalue weighted by Crippen LogP contribution is 2.28. The molecule has 2 aromatic carbocycles. The van der Waals surface area contributed by atoms with Crippen molar-refractivity contribution in [2.45, 2.75) is 0 Å². The first-order valence-corrected chi connectivity index (χ1v) is 4.00. The van der Waals surface area contributed by atoms with Gasteiger partial charge in [0.15, 0.2) is 5.75 Å². The van der Waals surface area contributed by atoms with Crippen LogP contribution in [-0.4, -0.2) is 0 Å². The molecule has 2 aromatic rings. The SMILES string of the molecule is [O]c1cc(Cl)cc2ccccc12. The zero-order chi connectivity index (χ0) is 8.55. The average Bonchev–Trinajstić information content (AvgIpc) is 2.04. The molecule has 0 bridgehead atoms. The van der Waals surface area contributed by atoms with Gasteiger partial charge in [-0.3, -0.25) is 5.11 Å². The Morgan fingerprint density at radius 3 is 2.67 bits per heavy atom. The Balaban J connectivity index is 2.89. The Labute approximate surface area is 75.2 Å². The lowest BCUT2D eigenvalue weighted by atomic mass is 10.1. The van der Waals surface area contributed by atoms with E-state index < -0.39 is 0 Å². The minimum atomic E-state index is -0.0156. The monoisotopic (exact) mass is 177 g/mol. The van der Waals surface area contributed by atoms with E-state index in [1.54, 1.807) is 12.1 Å². The first-order valence-electron chi connectivity index (χ1n) is 3.63. The van der Waals surface area contributed by atoms with Gasteiger partial charge in [-0.2, -0.15) is 0 Å². The van der Waals surface area contributed by atoms with Gasteiger partial charge in [-0.25, -0.2) is 0 Å². The van der Waals surface area contributed by atoms with Crippen molar-refractivity contribution in [3.8, 4) is 5.75 Å². The largest absolute Gasteiger partial charge is 0.289 e. The van der Waals surface area contributed by atoms with Crippen LogP contribution in [0.1, 0.15) is 0 Å². The van der Waals surface area contributed by atoms with Crippen molar-refractivity contribution >= 4 is 22.4 Å². The number of hydrogen-bond acceptors (Lipinski definition) is 0.